The SMILES string of the molecule is [CH2-]C.[CH2-]N1C[C@H]2CN(C)[C@H]2C1.[W+2]. The maximum absolute atomic E-state index is 3.92. The molecule has 0 aromatic rings. The van der Waals surface area contributed by atoms with Crippen LogP contribution in [0.4, 0.5) is 0 Å². The molecule has 0 aromatic carbocycles. The maximum Gasteiger partial charge on any atom is 2.00 e. The molecule has 0 radical (unpaired) electrons. The Bertz CT molecular complexity index is 130. The molecule has 0 amide bonds. The Morgan fingerprint density at radius 1 is 1.17 bits per heavy atom. The molecule has 2 aliphatic heterocycles. The van der Waals surface area contributed by atoms with Gasteiger partial charge in [0, 0.05) is 12.6 Å². The minimum atomic E-state index is 0. The summed E-state index contributed by atoms with van der Waals surface area (Å²) in [5, 5.41) is 0. The van der Waals surface area contributed by atoms with Crippen LogP contribution in [0.2, 0.25) is 0 Å². The Balaban J connectivity index is 0.000000378. The van der Waals surface area contributed by atoms with E-state index in [1.54, 1.807) is 6.92 Å². The molecule has 2 heterocycles. The number of hydrogen-bond acceptors (Lipinski definition) is 2. The van der Waals surface area contributed by atoms with Crippen LogP contribution in [-0.4, -0.2) is 42.5 Å². The number of likely N-dealkylation sites (N-methyl/N-ethyl adjacent to an activating group) is 1. The van der Waals surface area contributed by atoms with Crippen LogP contribution in [-0.2, 0) is 21.1 Å². The van der Waals surface area contributed by atoms with Crippen LogP contribution in [0.3, 0.4) is 0 Å². The van der Waals surface area contributed by atoms with Crippen LogP contribution in [0.25, 0.3) is 0 Å². The van der Waals surface area contributed by atoms with Gasteiger partial charge in [0.05, 0.1) is 0 Å². The molecule has 2 saturated heterocycles. The third-order valence-corrected chi connectivity index (χ3v) is 2.57. The van der Waals surface area contributed by atoms with Crippen molar-refractivity contribution in [3.63, 3.8) is 0 Å². The monoisotopic (exact) mass is 338 g/mol. The van der Waals surface area contributed by atoms with E-state index < -0.39 is 0 Å². The van der Waals surface area contributed by atoms with E-state index in [0.717, 1.165) is 12.0 Å². The van der Waals surface area contributed by atoms with Crippen LogP contribution >= 0.6 is 0 Å². The zero-order chi connectivity index (χ0) is 8.43. The Kier molecular flexibility index (Phi) is 5.63. The van der Waals surface area contributed by atoms with Gasteiger partial charge in [0.25, 0.3) is 0 Å². The summed E-state index contributed by atoms with van der Waals surface area (Å²) in [7, 11) is 6.11. The molecule has 0 saturated carbocycles. The van der Waals surface area contributed by atoms with Gasteiger partial charge in [-0.2, -0.15) is 6.92 Å². The molecule has 3 heteroatoms. The van der Waals surface area contributed by atoms with E-state index in [4.69, 9.17) is 0 Å². The van der Waals surface area contributed by atoms with E-state index in [1.807, 2.05) is 0 Å². The van der Waals surface area contributed by atoms with E-state index >= 15 is 0 Å². The summed E-state index contributed by atoms with van der Waals surface area (Å²) < 4.78 is 0. The maximum atomic E-state index is 3.92. The van der Waals surface area contributed by atoms with Crippen molar-refractivity contribution in [1.29, 1.82) is 0 Å². The van der Waals surface area contributed by atoms with Crippen LogP contribution < -0.4 is 0 Å². The second-order valence-corrected chi connectivity index (χ2v) is 3.30. The Morgan fingerprint density at radius 3 is 2.08 bits per heavy atom. The molecule has 0 aliphatic carbocycles. The van der Waals surface area contributed by atoms with E-state index in [1.165, 1.54) is 19.6 Å². The summed E-state index contributed by atoms with van der Waals surface area (Å²) in [6.07, 6.45) is 0. The largest absolute Gasteiger partial charge is 2.00 e. The summed E-state index contributed by atoms with van der Waals surface area (Å²) in [6, 6.07) is 0.836. The van der Waals surface area contributed by atoms with E-state index in [0.29, 0.717) is 0 Å². The van der Waals surface area contributed by atoms with Gasteiger partial charge in [-0.1, -0.05) is 0 Å². The molecular weight excluding hydrogens is 320 g/mol. The molecule has 2 fully saturated rings. The normalized spacial score (nSPS) is 34.0. The molecular formula is C9H18N2W. The van der Waals surface area contributed by atoms with Crippen molar-refractivity contribution in [2.45, 2.75) is 13.0 Å². The van der Waals surface area contributed by atoms with Gasteiger partial charge in [-0.05, 0) is 26.1 Å². The fourth-order valence-electron chi connectivity index (χ4n) is 1.99. The third kappa shape index (κ3) is 2.31. The Morgan fingerprint density at radius 2 is 1.75 bits per heavy atom. The Hall–Kier alpha value is 0.608. The van der Waals surface area contributed by atoms with Crippen LogP contribution in [0.1, 0.15) is 6.92 Å². The molecule has 0 unspecified atom stereocenters. The fourth-order valence-corrected chi connectivity index (χ4v) is 1.99. The number of likely N-dealkylation sites (tertiary alicyclic amines) is 2. The molecule has 12 heavy (non-hydrogen) atoms. The number of nitrogens with zero attached hydrogens (tertiary/aromatic N) is 2. The first-order chi connectivity index (χ1) is 5.27. The van der Waals surface area contributed by atoms with Gasteiger partial charge in [-0.15, -0.1) is 0 Å². The summed E-state index contributed by atoms with van der Waals surface area (Å²) in [6.45, 7) is 8.69. The average Bonchev–Trinajstić information content (AvgIpc) is 2.31. The number of fused-ring (bicyclic) bond motifs is 1. The minimum Gasteiger partial charge on any atom is -0.458 e. The van der Waals surface area contributed by atoms with Crippen molar-refractivity contribution >= 4 is 0 Å². The van der Waals surface area contributed by atoms with E-state index in [-0.39, 0.29) is 21.1 Å². The first-order valence-electron chi connectivity index (χ1n) is 4.24. The van der Waals surface area contributed by atoms with Crippen LogP contribution in [0.15, 0.2) is 0 Å². The van der Waals surface area contributed by atoms with Gasteiger partial charge in [0.2, 0.25) is 0 Å². The van der Waals surface area contributed by atoms with Crippen molar-refractivity contribution in [3.8, 4) is 0 Å². The molecule has 0 spiro atoms. The van der Waals surface area contributed by atoms with Crippen LogP contribution in [0, 0.1) is 19.9 Å². The quantitative estimate of drug-likeness (QED) is 0.605. The molecule has 2 nitrogen and oxygen atoms in total. The van der Waals surface area contributed by atoms with Gasteiger partial charge < -0.3 is 16.7 Å². The molecule has 2 rings (SSSR count). The molecule has 0 bridgehead atoms. The molecule has 2 atom stereocenters. The summed E-state index contributed by atoms with van der Waals surface area (Å²) >= 11 is 0. The first-order valence-corrected chi connectivity index (χ1v) is 4.24. The van der Waals surface area contributed by atoms with Crippen LogP contribution in [0.5, 0.6) is 0 Å². The van der Waals surface area contributed by atoms with Crippen molar-refractivity contribution in [2.75, 3.05) is 26.7 Å². The van der Waals surface area contributed by atoms with Gasteiger partial charge in [-0.25, -0.2) is 0 Å². The van der Waals surface area contributed by atoms with Gasteiger partial charge in [-0.3, -0.25) is 7.05 Å². The van der Waals surface area contributed by atoms with Crippen molar-refractivity contribution < 1.29 is 21.1 Å². The standard InChI is InChI=1S/C7H13N2.C2H5.W/c1-8-3-6-4-9(2)7(6)5-8;1-2;/h6-7H,1,3-5H2,2H3;1H2,2H3;/q2*-1;+2/t6-,7-;;/m0../s1. The average molecular weight is 338 g/mol. The van der Waals surface area contributed by atoms with Crippen molar-refractivity contribution in [2.24, 2.45) is 5.92 Å². The zero-order valence-electron chi connectivity index (χ0n) is 7.99. The van der Waals surface area contributed by atoms with E-state index in [2.05, 4.69) is 30.8 Å². The second kappa shape index (κ2) is 5.36. The van der Waals surface area contributed by atoms with Gasteiger partial charge in [0.1, 0.15) is 0 Å². The van der Waals surface area contributed by atoms with Crippen molar-refractivity contribution in [1.82, 2.24) is 9.80 Å². The smallest absolute Gasteiger partial charge is 0.458 e. The second-order valence-electron chi connectivity index (χ2n) is 3.30. The van der Waals surface area contributed by atoms with Gasteiger partial charge in [0.15, 0.2) is 0 Å². The summed E-state index contributed by atoms with van der Waals surface area (Å²) in [4.78, 5) is 4.59. The van der Waals surface area contributed by atoms with E-state index in [9.17, 15) is 0 Å². The molecule has 2 aliphatic rings. The third-order valence-electron chi connectivity index (χ3n) is 2.57. The van der Waals surface area contributed by atoms with Crippen molar-refractivity contribution in [3.05, 3.63) is 14.0 Å². The predicted molar refractivity (Wildman–Crippen MR) is 47.9 cm³/mol. The molecule has 0 aromatic heterocycles. The Labute approximate surface area is 90.6 Å². The number of rotatable bonds is 0. The zero-order valence-corrected chi connectivity index (χ0v) is 10.9. The fraction of sp³-hybridized carbons (Fsp3) is 0.778. The first kappa shape index (κ1) is 12.6. The molecule has 70 valence electrons. The van der Waals surface area contributed by atoms with Gasteiger partial charge >= 0.3 is 21.1 Å². The minimum absolute atomic E-state index is 0. The predicted octanol–water partition coefficient (Wildman–Crippen LogP) is 0.862. The summed E-state index contributed by atoms with van der Waals surface area (Å²) in [5.74, 6) is 0.937. The molecule has 0 N–H and O–H groups in total. The summed E-state index contributed by atoms with van der Waals surface area (Å²) in [5.41, 5.74) is 0. The number of hydrogen-bond donors (Lipinski definition) is 0. The topological polar surface area (TPSA) is 6.48 Å².